The Labute approximate surface area is 158 Å². The van der Waals surface area contributed by atoms with E-state index in [9.17, 15) is 0 Å². The lowest BCUT2D eigenvalue weighted by Gasteiger charge is -2.27. The van der Waals surface area contributed by atoms with Crippen LogP contribution in [0, 0.1) is 0 Å². The first-order chi connectivity index (χ1) is 13.3. The highest BCUT2D eigenvalue weighted by Crippen LogP contribution is 2.32. The van der Waals surface area contributed by atoms with Gasteiger partial charge in [0.25, 0.3) is 0 Å². The fourth-order valence-electron chi connectivity index (χ4n) is 3.27. The third kappa shape index (κ3) is 3.59. The zero-order valence-electron chi connectivity index (χ0n) is 15.3. The number of aryl methyl sites for hydroxylation is 1. The van der Waals surface area contributed by atoms with Crippen LogP contribution in [0.25, 0.3) is 22.4 Å². The predicted molar refractivity (Wildman–Crippen MR) is 105 cm³/mol. The standard InChI is InChI=1S/C20H22N6O/c1-2-16-19(14-3-5-17(21)22-11-14)20(25-13-24-16)15-4-6-18(23-12-15)26-7-9-27-10-8-26/h3-6,11-13H,2,7-10H2,1H3,(H2,21,22). The van der Waals surface area contributed by atoms with Crippen LogP contribution in [0.15, 0.2) is 43.0 Å². The molecule has 27 heavy (non-hydrogen) atoms. The zero-order valence-corrected chi connectivity index (χ0v) is 15.3. The van der Waals surface area contributed by atoms with Crippen LogP contribution in [-0.2, 0) is 11.2 Å². The minimum absolute atomic E-state index is 0.492. The average molecular weight is 362 g/mol. The fraction of sp³-hybridized carbons (Fsp3) is 0.300. The van der Waals surface area contributed by atoms with Gasteiger partial charge in [-0.2, -0.15) is 0 Å². The topological polar surface area (TPSA) is 90.0 Å². The molecule has 7 heteroatoms. The number of nitrogens with zero attached hydrogens (tertiary/aromatic N) is 5. The van der Waals surface area contributed by atoms with Crippen molar-refractivity contribution in [2.75, 3.05) is 36.9 Å². The van der Waals surface area contributed by atoms with Crippen LogP contribution in [0.5, 0.6) is 0 Å². The number of hydrogen-bond acceptors (Lipinski definition) is 7. The summed E-state index contributed by atoms with van der Waals surface area (Å²) < 4.78 is 5.41. The van der Waals surface area contributed by atoms with Crippen molar-refractivity contribution in [1.29, 1.82) is 0 Å². The molecule has 4 heterocycles. The Morgan fingerprint density at radius 3 is 2.41 bits per heavy atom. The molecule has 7 nitrogen and oxygen atoms in total. The number of nitrogen functional groups attached to an aromatic ring is 1. The highest BCUT2D eigenvalue weighted by molar-refractivity contribution is 5.82. The van der Waals surface area contributed by atoms with Crippen molar-refractivity contribution in [2.45, 2.75) is 13.3 Å². The van der Waals surface area contributed by atoms with E-state index in [1.54, 1.807) is 18.6 Å². The lowest BCUT2D eigenvalue weighted by atomic mass is 9.98. The van der Waals surface area contributed by atoms with Gasteiger partial charge in [-0.15, -0.1) is 0 Å². The van der Waals surface area contributed by atoms with Gasteiger partial charge in [-0.05, 0) is 30.7 Å². The molecule has 0 unspecified atom stereocenters. The number of pyridine rings is 2. The second kappa shape index (κ2) is 7.67. The molecular weight excluding hydrogens is 340 g/mol. The van der Waals surface area contributed by atoms with Crippen LogP contribution in [0.1, 0.15) is 12.6 Å². The fourth-order valence-corrected chi connectivity index (χ4v) is 3.27. The van der Waals surface area contributed by atoms with E-state index >= 15 is 0 Å². The molecule has 0 aromatic carbocycles. The Bertz CT molecular complexity index is 905. The summed E-state index contributed by atoms with van der Waals surface area (Å²) >= 11 is 0. The number of morpholine rings is 1. The molecule has 1 saturated heterocycles. The summed E-state index contributed by atoms with van der Waals surface area (Å²) in [5.41, 5.74) is 10.5. The maximum atomic E-state index is 5.75. The summed E-state index contributed by atoms with van der Waals surface area (Å²) in [4.78, 5) is 20.1. The van der Waals surface area contributed by atoms with E-state index in [0.29, 0.717) is 5.82 Å². The number of anilines is 2. The third-order valence-electron chi connectivity index (χ3n) is 4.69. The van der Waals surface area contributed by atoms with E-state index in [-0.39, 0.29) is 0 Å². The van der Waals surface area contributed by atoms with Gasteiger partial charge in [0, 0.05) is 42.2 Å². The minimum Gasteiger partial charge on any atom is -0.384 e. The Morgan fingerprint density at radius 1 is 0.963 bits per heavy atom. The van der Waals surface area contributed by atoms with Crippen molar-refractivity contribution >= 4 is 11.6 Å². The van der Waals surface area contributed by atoms with Gasteiger partial charge in [-0.25, -0.2) is 19.9 Å². The van der Waals surface area contributed by atoms with Crippen molar-refractivity contribution in [3.8, 4) is 22.4 Å². The molecule has 4 rings (SSSR count). The average Bonchev–Trinajstić information content (AvgIpc) is 2.74. The van der Waals surface area contributed by atoms with Crippen LogP contribution >= 0.6 is 0 Å². The first kappa shape index (κ1) is 17.4. The number of rotatable bonds is 4. The number of hydrogen-bond donors (Lipinski definition) is 1. The van der Waals surface area contributed by atoms with Crippen LogP contribution in [0.3, 0.4) is 0 Å². The van der Waals surface area contributed by atoms with E-state index in [1.165, 1.54) is 0 Å². The Hall–Kier alpha value is -3.06. The molecule has 3 aromatic rings. The lowest BCUT2D eigenvalue weighted by Crippen LogP contribution is -2.36. The monoisotopic (exact) mass is 362 g/mol. The third-order valence-corrected chi connectivity index (χ3v) is 4.69. The maximum Gasteiger partial charge on any atom is 0.128 e. The van der Waals surface area contributed by atoms with E-state index in [1.807, 2.05) is 18.3 Å². The van der Waals surface area contributed by atoms with E-state index in [4.69, 9.17) is 10.5 Å². The highest BCUT2D eigenvalue weighted by atomic mass is 16.5. The molecule has 1 fully saturated rings. The van der Waals surface area contributed by atoms with Gasteiger partial charge in [0.2, 0.25) is 0 Å². The molecular formula is C20H22N6O. The van der Waals surface area contributed by atoms with Crippen molar-refractivity contribution in [3.05, 3.63) is 48.7 Å². The van der Waals surface area contributed by atoms with Gasteiger partial charge in [-0.3, -0.25) is 0 Å². The van der Waals surface area contributed by atoms with E-state index < -0.39 is 0 Å². The summed E-state index contributed by atoms with van der Waals surface area (Å²) in [6.45, 7) is 5.29. The van der Waals surface area contributed by atoms with Gasteiger partial charge in [0.1, 0.15) is 18.0 Å². The molecule has 0 atom stereocenters. The van der Waals surface area contributed by atoms with Gasteiger partial charge in [0.05, 0.1) is 24.6 Å². The number of aromatic nitrogens is 4. The number of nitrogens with two attached hydrogens (primary N) is 1. The normalized spacial score (nSPS) is 14.3. The molecule has 1 aliphatic heterocycles. The second-order valence-corrected chi connectivity index (χ2v) is 6.37. The second-order valence-electron chi connectivity index (χ2n) is 6.37. The van der Waals surface area contributed by atoms with Crippen LogP contribution in [0.4, 0.5) is 11.6 Å². The molecule has 0 spiro atoms. The summed E-state index contributed by atoms with van der Waals surface area (Å²) in [5.74, 6) is 1.45. The van der Waals surface area contributed by atoms with Crippen molar-refractivity contribution < 1.29 is 4.74 Å². The van der Waals surface area contributed by atoms with Crippen LogP contribution in [-0.4, -0.2) is 46.2 Å². The summed E-state index contributed by atoms with van der Waals surface area (Å²) in [5, 5.41) is 0. The van der Waals surface area contributed by atoms with Crippen LogP contribution in [0.2, 0.25) is 0 Å². The predicted octanol–water partition coefficient (Wildman–Crippen LogP) is 2.58. The van der Waals surface area contributed by atoms with Crippen molar-refractivity contribution in [2.24, 2.45) is 0 Å². The summed E-state index contributed by atoms with van der Waals surface area (Å²) in [6, 6.07) is 7.86. The van der Waals surface area contributed by atoms with E-state index in [2.05, 4.69) is 37.8 Å². The first-order valence-electron chi connectivity index (χ1n) is 9.11. The molecule has 0 radical (unpaired) electrons. The largest absolute Gasteiger partial charge is 0.384 e. The van der Waals surface area contributed by atoms with Gasteiger partial charge < -0.3 is 15.4 Å². The molecule has 0 saturated carbocycles. The van der Waals surface area contributed by atoms with Gasteiger partial charge in [0.15, 0.2) is 0 Å². The lowest BCUT2D eigenvalue weighted by molar-refractivity contribution is 0.122. The first-order valence-corrected chi connectivity index (χ1v) is 9.11. The molecule has 1 aliphatic rings. The van der Waals surface area contributed by atoms with E-state index in [0.717, 1.165) is 66.6 Å². The van der Waals surface area contributed by atoms with Gasteiger partial charge in [-0.1, -0.05) is 6.92 Å². The Kier molecular flexibility index (Phi) is 4.93. The van der Waals surface area contributed by atoms with Crippen molar-refractivity contribution in [3.63, 3.8) is 0 Å². The molecule has 3 aromatic heterocycles. The number of ether oxygens (including phenoxy) is 1. The summed E-state index contributed by atoms with van der Waals surface area (Å²) in [7, 11) is 0. The SMILES string of the molecule is CCc1ncnc(-c2ccc(N3CCOCC3)nc2)c1-c1ccc(N)nc1. The smallest absolute Gasteiger partial charge is 0.128 e. The quantitative estimate of drug-likeness (QED) is 0.763. The minimum atomic E-state index is 0.492. The summed E-state index contributed by atoms with van der Waals surface area (Å²) in [6.07, 6.45) is 6.06. The maximum absolute atomic E-state index is 5.75. The molecule has 138 valence electrons. The molecule has 2 N–H and O–H groups in total. The molecule has 0 aliphatic carbocycles. The zero-order chi connectivity index (χ0) is 18.6. The van der Waals surface area contributed by atoms with Crippen molar-refractivity contribution in [1.82, 2.24) is 19.9 Å². The van der Waals surface area contributed by atoms with Gasteiger partial charge >= 0.3 is 0 Å². The highest BCUT2D eigenvalue weighted by Gasteiger charge is 2.16. The Balaban J connectivity index is 1.74. The van der Waals surface area contributed by atoms with Crippen LogP contribution < -0.4 is 10.6 Å². The molecule has 0 amide bonds. The Morgan fingerprint density at radius 2 is 1.74 bits per heavy atom. The molecule has 0 bridgehead atoms.